The van der Waals surface area contributed by atoms with Gasteiger partial charge in [0.05, 0.1) is 31.6 Å². The summed E-state index contributed by atoms with van der Waals surface area (Å²) in [5.41, 5.74) is 4.07. The van der Waals surface area contributed by atoms with E-state index in [4.69, 9.17) is 9.47 Å². The highest BCUT2D eigenvalue weighted by atomic mass is 16.5. The van der Waals surface area contributed by atoms with Crippen LogP contribution in [0.4, 0.5) is 0 Å². The average molecular weight is 442 g/mol. The molecule has 4 rings (SSSR count). The van der Waals surface area contributed by atoms with Crippen LogP contribution in [0.5, 0.6) is 5.75 Å². The zero-order valence-corrected chi connectivity index (χ0v) is 19.1. The van der Waals surface area contributed by atoms with Crippen molar-refractivity contribution < 1.29 is 19.1 Å². The molecule has 33 heavy (non-hydrogen) atoms. The molecule has 0 saturated carbocycles. The van der Waals surface area contributed by atoms with Gasteiger partial charge in [0.2, 0.25) is 5.91 Å². The predicted octanol–water partition coefficient (Wildman–Crippen LogP) is 5.54. The molecule has 0 radical (unpaired) electrons. The number of hydrogen-bond donors (Lipinski definition) is 0. The fraction of sp³-hybridized carbons (Fsp3) is 0.214. The van der Waals surface area contributed by atoms with E-state index in [1.54, 1.807) is 18.6 Å². The van der Waals surface area contributed by atoms with Gasteiger partial charge in [-0.15, -0.1) is 0 Å². The minimum atomic E-state index is -0.487. The highest BCUT2D eigenvalue weighted by molar-refractivity contribution is 6.01. The van der Waals surface area contributed by atoms with Crippen molar-refractivity contribution in [1.82, 2.24) is 4.57 Å². The molecule has 0 amide bonds. The number of rotatable bonds is 7. The van der Waals surface area contributed by atoms with Crippen molar-refractivity contribution in [3.8, 4) is 5.75 Å². The number of nitrogens with zero attached hydrogens (tertiary/aromatic N) is 1. The van der Waals surface area contributed by atoms with E-state index >= 15 is 0 Å². The van der Waals surface area contributed by atoms with E-state index in [9.17, 15) is 9.59 Å². The van der Waals surface area contributed by atoms with Crippen LogP contribution in [-0.2, 0) is 16.0 Å². The second-order valence-corrected chi connectivity index (χ2v) is 7.86. The van der Waals surface area contributed by atoms with Gasteiger partial charge in [0.15, 0.2) is 0 Å². The molecule has 0 saturated heterocycles. The zero-order valence-electron chi connectivity index (χ0n) is 19.1. The molecule has 1 heterocycles. The molecule has 5 nitrogen and oxygen atoms in total. The van der Waals surface area contributed by atoms with E-state index in [1.165, 1.54) is 0 Å². The second-order valence-electron chi connectivity index (χ2n) is 7.86. The average Bonchev–Trinajstić information content (AvgIpc) is 3.11. The number of esters is 1. The van der Waals surface area contributed by atoms with E-state index in [1.807, 2.05) is 85.8 Å². The second kappa shape index (κ2) is 9.74. The first kappa shape index (κ1) is 22.3. The molecule has 0 unspecified atom stereocenters. The normalized spacial score (nSPS) is 11.0. The minimum Gasteiger partial charge on any atom is -0.497 e. The van der Waals surface area contributed by atoms with Crippen molar-refractivity contribution in [1.29, 1.82) is 0 Å². The number of fused-ring (bicyclic) bond motifs is 1. The molecule has 1 aromatic heterocycles. The first-order chi connectivity index (χ1) is 16.0. The topological polar surface area (TPSA) is 57.5 Å². The van der Waals surface area contributed by atoms with Crippen molar-refractivity contribution in [3.05, 3.63) is 101 Å². The number of carbonyl (C=O) groups is 2. The van der Waals surface area contributed by atoms with Crippen LogP contribution in [0.25, 0.3) is 10.9 Å². The van der Waals surface area contributed by atoms with E-state index < -0.39 is 5.92 Å². The van der Waals surface area contributed by atoms with Crippen LogP contribution in [0.3, 0.4) is 0 Å². The van der Waals surface area contributed by atoms with Crippen molar-refractivity contribution in [3.63, 3.8) is 0 Å². The first-order valence-electron chi connectivity index (χ1n) is 11.0. The van der Waals surface area contributed by atoms with Gasteiger partial charge in [0, 0.05) is 11.1 Å². The Balaban J connectivity index is 1.91. The number of aromatic nitrogens is 1. The van der Waals surface area contributed by atoms with Gasteiger partial charge in [-0.2, -0.15) is 0 Å². The fourth-order valence-electron chi connectivity index (χ4n) is 4.35. The van der Waals surface area contributed by atoms with Crippen LogP contribution in [0.2, 0.25) is 0 Å². The van der Waals surface area contributed by atoms with Crippen LogP contribution in [0.15, 0.2) is 78.9 Å². The minimum absolute atomic E-state index is 0.0739. The summed E-state index contributed by atoms with van der Waals surface area (Å²) in [6.45, 7) is 3.97. The van der Waals surface area contributed by atoms with Gasteiger partial charge in [-0.25, -0.2) is 0 Å². The van der Waals surface area contributed by atoms with Gasteiger partial charge in [-0.05, 0) is 48.7 Å². The van der Waals surface area contributed by atoms with Crippen LogP contribution in [0.1, 0.15) is 40.0 Å². The Bertz CT molecular complexity index is 1240. The molecule has 168 valence electrons. The van der Waals surface area contributed by atoms with Crippen molar-refractivity contribution in [2.24, 2.45) is 0 Å². The largest absolute Gasteiger partial charge is 0.497 e. The summed E-state index contributed by atoms with van der Waals surface area (Å²) in [7, 11) is 1.60. The summed E-state index contributed by atoms with van der Waals surface area (Å²) >= 11 is 0. The van der Waals surface area contributed by atoms with Gasteiger partial charge in [-0.3, -0.25) is 14.2 Å². The molecular formula is C28H27NO4. The molecule has 0 atom stereocenters. The van der Waals surface area contributed by atoms with Crippen LogP contribution in [0, 0.1) is 6.92 Å². The zero-order chi connectivity index (χ0) is 23.4. The van der Waals surface area contributed by atoms with E-state index in [0.717, 1.165) is 33.3 Å². The van der Waals surface area contributed by atoms with Gasteiger partial charge < -0.3 is 9.47 Å². The van der Waals surface area contributed by atoms with Gasteiger partial charge >= 0.3 is 5.97 Å². The third-order valence-corrected chi connectivity index (χ3v) is 5.90. The Morgan fingerprint density at radius 2 is 1.52 bits per heavy atom. The summed E-state index contributed by atoms with van der Waals surface area (Å²) in [4.78, 5) is 26.5. The lowest BCUT2D eigenvalue weighted by Crippen LogP contribution is -2.22. The third kappa shape index (κ3) is 4.40. The highest BCUT2D eigenvalue weighted by Crippen LogP contribution is 2.34. The Hall–Kier alpha value is -3.86. The van der Waals surface area contributed by atoms with Gasteiger partial charge in [-0.1, -0.05) is 60.7 Å². The molecule has 0 bridgehead atoms. The first-order valence-corrected chi connectivity index (χ1v) is 11.0. The Kier molecular flexibility index (Phi) is 6.59. The Morgan fingerprint density at radius 1 is 0.909 bits per heavy atom. The lowest BCUT2D eigenvalue weighted by molar-refractivity contribution is -0.142. The molecule has 0 spiro atoms. The maximum atomic E-state index is 14.2. The summed E-state index contributed by atoms with van der Waals surface area (Å²) in [6, 6.07) is 25.1. The van der Waals surface area contributed by atoms with Crippen LogP contribution < -0.4 is 4.74 Å². The molecule has 0 fully saturated rings. The van der Waals surface area contributed by atoms with E-state index in [2.05, 4.69) is 0 Å². The number of benzene rings is 3. The standard InChI is InChI=1S/C28H27NO4/c1-4-33-26(30)18-23-19(2)29(25-16-15-22(32-3)17-24(23)25)28(31)27(20-11-7-5-8-12-20)21-13-9-6-10-14-21/h5-17,27H,4,18H2,1-3H3. The number of methoxy groups -OCH3 is 1. The van der Waals surface area contributed by atoms with Crippen LogP contribution in [-0.4, -0.2) is 30.2 Å². The van der Waals surface area contributed by atoms with E-state index in [0.29, 0.717) is 12.4 Å². The third-order valence-electron chi connectivity index (χ3n) is 5.90. The molecule has 5 heteroatoms. The molecule has 3 aromatic carbocycles. The monoisotopic (exact) mass is 441 g/mol. The molecular weight excluding hydrogens is 414 g/mol. The van der Waals surface area contributed by atoms with Gasteiger partial charge in [0.25, 0.3) is 0 Å². The van der Waals surface area contributed by atoms with Gasteiger partial charge in [0.1, 0.15) is 5.75 Å². The molecule has 0 aliphatic heterocycles. The summed E-state index contributed by atoms with van der Waals surface area (Å²) in [5.74, 6) is -0.216. The summed E-state index contributed by atoms with van der Waals surface area (Å²) in [6.07, 6.45) is 0.0883. The Morgan fingerprint density at radius 3 is 2.06 bits per heavy atom. The van der Waals surface area contributed by atoms with Crippen molar-refractivity contribution in [2.45, 2.75) is 26.2 Å². The van der Waals surface area contributed by atoms with Crippen LogP contribution >= 0.6 is 0 Å². The van der Waals surface area contributed by atoms with E-state index in [-0.39, 0.29) is 18.3 Å². The number of carbonyl (C=O) groups excluding carboxylic acids is 2. The lowest BCUT2D eigenvalue weighted by atomic mass is 9.90. The SMILES string of the molecule is CCOC(=O)Cc1c(C)n(C(=O)C(c2ccccc2)c2ccccc2)c2ccc(OC)cc12. The molecule has 0 aliphatic rings. The smallest absolute Gasteiger partial charge is 0.310 e. The lowest BCUT2D eigenvalue weighted by Gasteiger charge is -2.19. The number of hydrogen-bond acceptors (Lipinski definition) is 4. The predicted molar refractivity (Wildman–Crippen MR) is 129 cm³/mol. The Labute approximate surface area is 193 Å². The maximum absolute atomic E-state index is 14.2. The highest BCUT2D eigenvalue weighted by Gasteiger charge is 2.28. The van der Waals surface area contributed by atoms with Crippen molar-refractivity contribution in [2.75, 3.05) is 13.7 Å². The quantitative estimate of drug-likeness (QED) is 0.354. The summed E-state index contributed by atoms with van der Waals surface area (Å²) < 4.78 is 12.3. The molecule has 0 aliphatic carbocycles. The fourth-order valence-corrected chi connectivity index (χ4v) is 4.35. The number of ether oxygens (including phenoxy) is 2. The summed E-state index contributed by atoms with van der Waals surface area (Å²) in [5, 5.41) is 0.813. The van der Waals surface area contributed by atoms with Crippen molar-refractivity contribution >= 4 is 22.8 Å². The maximum Gasteiger partial charge on any atom is 0.310 e. The molecule has 0 N–H and O–H groups in total. The molecule has 4 aromatic rings.